The normalized spacial score (nSPS) is 22.1. The maximum absolute atomic E-state index is 11.9. The summed E-state index contributed by atoms with van der Waals surface area (Å²) in [6.45, 7) is 6.05. The van der Waals surface area contributed by atoms with Gasteiger partial charge in [-0.05, 0) is 38.1 Å². The van der Waals surface area contributed by atoms with Crippen molar-refractivity contribution in [3.05, 3.63) is 23.5 Å². The molecule has 6 heteroatoms. The van der Waals surface area contributed by atoms with Crippen molar-refractivity contribution in [1.29, 1.82) is 0 Å². The standard InChI is InChI=1S/C17H27N3O3/c1-18-14(13-19-9-11-23-12-10-19)5-6-15(18)16(17(21)22)20-7-3-2-4-8-20/h5-6,16H,2-4,7-13H2,1H3,(H,21,22). The van der Waals surface area contributed by atoms with E-state index in [4.69, 9.17) is 4.74 Å². The monoisotopic (exact) mass is 321 g/mol. The molecule has 2 aliphatic rings. The van der Waals surface area contributed by atoms with E-state index in [1.165, 1.54) is 12.1 Å². The summed E-state index contributed by atoms with van der Waals surface area (Å²) in [5, 5.41) is 9.75. The number of hydrogen-bond acceptors (Lipinski definition) is 4. The molecule has 128 valence electrons. The Kier molecular flexibility index (Phi) is 5.35. The lowest BCUT2D eigenvalue weighted by atomic mass is 10.1. The molecule has 0 aliphatic carbocycles. The van der Waals surface area contributed by atoms with Crippen LogP contribution in [0.1, 0.15) is 36.7 Å². The van der Waals surface area contributed by atoms with Gasteiger partial charge in [-0.25, -0.2) is 0 Å². The molecule has 1 aromatic rings. The molecular weight excluding hydrogens is 294 g/mol. The number of aliphatic carboxylic acids is 1. The van der Waals surface area contributed by atoms with Gasteiger partial charge in [-0.3, -0.25) is 14.6 Å². The Bertz CT molecular complexity index is 531. The Morgan fingerprint density at radius 1 is 1.17 bits per heavy atom. The largest absolute Gasteiger partial charge is 0.480 e. The average Bonchev–Trinajstić information content (AvgIpc) is 2.91. The fourth-order valence-corrected chi connectivity index (χ4v) is 3.64. The highest BCUT2D eigenvalue weighted by atomic mass is 16.5. The van der Waals surface area contributed by atoms with E-state index in [9.17, 15) is 9.90 Å². The SMILES string of the molecule is Cn1c(CN2CCOCC2)ccc1C(C(=O)O)N1CCCCC1. The van der Waals surface area contributed by atoms with E-state index in [0.717, 1.165) is 64.5 Å². The Hall–Kier alpha value is -1.37. The Morgan fingerprint density at radius 3 is 2.52 bits per heavy atom. The van der Waals surface area contributed by atoms with Crippen molar-refractivity contribution in [2.24, 2.45) is 7.05 Å². The van der Waals surface area contributed by atoms with Crippen LogP contribution in [0.4, 0.5) is 0 Å². The summed E-state index contributed by atoms with van der Waals surface area (Å²) in [7, 11) is 1.99. The molecule has 0 spiro atoms. The molecule has 1 N–H and O–H groups in total. The highest BCUT2D eigenvalue weighted by molar-refractivity contribution is 5.75. The van der Waals surface area contributed by atoms with Gasteiger partial charge >= 0.3 is 5.97 Å². The first-order chi connectivity index (χ1) is 11.2. The highest BCUT2D eigenvalue weighted by Crippen LogP contribution is 2.26. The van der Waals surface area contributed by atoms with E-state index in [-0.39, 0.29) is 0 Å². The number of ether oxygens (including phenoxy) is 1. The molecule has 2 saturated heterocycles. The second-order valence-corrected chi connectivity index (χ2v) is 6.53. The highest BCUT2D eigenvalue weighted by Gasteiger charge is 2.31. The molecule has 3 heterocycles. The number of carbonyl (C=O) groups is 1. The Morgan fingerprint density at radius 2 is 1.87 bits per heavy atom. The third kappa shape index (κ3) is 3.76. The van der Waals surface area contributed by atoms with Gasteiger partial charge in [-0.1, -0.05) is 6.42 Å². The zero-order valence-corrected chi connectivity index (χ0v) is 13.9. The number of nitrogens with zero attached hydrogens (tertiary/aromatic N) is 3. The minimum Gasteiger partial charge on any atom is -0.480 e. The lowest BCUT2D eigenvalue weighted by Crippen LogP contribution is -2.39. The summed E-state index contributed by atoms with van der Waals surface area (Å²) in [6.07, 6.45) is 3.39. The van der Waals surface area contributed by atoms with E-state index >= 15 is 0 Å². The number of morpholine rings is 1. The molecule has 0 radical (unpaired) electrons. The Labute approximate surface area is 137 Å². The van der Waals surface area contributed by atoms with E-state index in [0.29, 0.717) is 0 Å². The van der Waals surface area contributed by atoms with E-state index in [1.54, 1.807) is 0 Å². The number of likely N-dealkylation sites (tertiary alicyclic amines) is 1. The van der Waals surface area contributed by atoms with Crippen LogP contribution in [-0.4, -0.2) is 64.8 Å². The molecule has 0 amide bonds. The first-order valence-electron chi connectivity index (χ1n) is 8.58. The summed E-state index contributed by atoms with van der Waals surface area (Å²) < 4.78 is 7.46. The van der Waals surface area contributed by atoms with Crippen LogP contribution in [0.25, 0.3) is 0 Å². The first-order valence-corrected chi connectivity index (χ1v) is 8.58. The third-order valence-corrected chi connectivity index (χ3v) is 5.02. The Balaban J connectivity index is 1.76. The van der Waals surface area contributed by atoms with Crippen LogP contribution in [0.2, 0.25) is 0 Å². The zero-order valence-electron chi connectivity index (χ0n) is 13.9. The van der Waals surface area contributed by atoms with Crippen molar-refractivity contribution in [2.45, 2.75) is 31.8 Å². The van der Waals surface area contributed by atoms with Gasteiger partial charge in [0.1, 0.15) is 6.04 Å². The molecule has 3 rings (SSSR count). The van der Waals surface area contributed by atoms with Crippen LogP contribution < -0.4 is 0 Å². The molecular formula is C17H27N3O3. The zero-order chi connectivity index (χ0) is 16.2. The summed E-state index contributed by atoms with van der Waals surface area (Å²) >= 11 is 0. The van der Waals surface area contributed by atoms with Crippen LogP contribution in [0.3, 0.4) is 0 Å². The maximum atomic E-state index is 11.9. The molecule has 1 unspecified atom stereocenters. The van der Waals surface area contributed by atoms with Crippen molar-refractivity contribution in [3.63, 3.8) is 0 Å². The van der Waals surface area contributed by atoms with Crippen molar-refractivity contribution >= 4 is 5.97 Å². The molecule has 0 aromatic carbocycles. The van der Waals surface area contributed by atoms with Gasteiger partial charge < -0.3 is 14.4 Å². The number of aromatic nitrogens is 1. The maximum Gasteiger partial charge on any atom is 0.327 e. The van der Waals surface area contributed by atoms with Crippen molar-refractivity contribution in [3.8, 4) is 0 Å². The molecule has 6 nitrogen and oxygen atoms in total. The number of hydrogen-bond donors (Lipinski definition) is 1. The van der Waals surface area contributed by atoms with Crippen LogP contribution in [-0.2, 0) is 23.1 Å². The molecule has 0 saturated carbocycles. The minimum atomic E-state index is -0.744. The van der Waals surface area contributed by atoms with Gasteiger partial charge in [0.2, 0.25) is 0 Å². The second-order valence-electron chi connectivity index (χ2n) is 6.53. The fourth-order valence-electron chi connectivity index (χ4n) is 3.64. The molecule has 1 aromatic heterocycles. The molecule has 1 atom stereocenters. The van der Waals surface area contributed by atoms with Crippen molar-refractivity contribution in [1.82, 2.24) is 14.4 Å². The number of rotatable bonds is 5. The third-order valence-electron chi connectivity index (χ3n) is 5.02. The minimum absolute atomic E-state index is 0.529. The van der Waals surface area contributed by atoms with Gasteiger partial charge in [-0.15, -0.1) is 0 Å². The van der Waals surface area contributed by atoms with Gasteiger partial charge in [0.25, 0.3) is 0 Å². The van der Waals surface area contributed by atoms with Gasteiger partial charge in [-0.2, -0.15) is 0 Å². The lowest BCUT2D eigenvalue weighted by Gasteiger charge is -2.32. The first kappa shape index (κ1) is 16.5. The predicted molar refractivity (Wildman–Crippen MR) is 87.3 cm³/mol. The quantitative estimate of drug-likeness (QED) is 0.890. The van der Waals surface area contributed by atoms with Crippen molar-refractivity contribution in [2.75, 3.05) is 39.4 Å². The van der Waals surface area contributed by atoms with Crippen LogP contribution >= 0.6 is 0 Å². The lowest BCUT2D eigenvalue weighted by molar-refractivity contribution is -0.144. The second kappa shape index (κ2) is 7.47. The summed E-state index contributed by atoms with van der Waals surface area (Å²) in [5.74, 6) is -0.744. The van der Waals surface area contributed by atoms with Crippen LogP contribution in [0.15, 0.2) is 12.1 Å². The fraction of sp³-hybridized carbons (Fsp3) is 0.706. The molecule has 2 fully saturated rings. The number of carboxylic acids is 1. The van der Waals surface area contributed by atoms with Gasteiger partial charge in [0, 0.05) is 38.1 Å². The summed E-state index contributed by atoms with van der Waals surface area (Å²) in [5.41, 5.74) is 2.06. The smallest absolute Gasteiger partial charge is 0.327 e. The summed E-state index contributed by atoms with van der Waals surface area (Å²) in [6, 6.07) is 3.53. The number of piperidine rings is 1. The van der Waals surface area contributed by atoms with Crippen LogP contribution in [0, 0.1) is 0 Å². The average molecular weight is 321 g/mol. The van der Waals surface area contributed by atoms with E-state index in [1.807, 2.05) is 13.1 Å². The van der Waals surface area contributed by atoms with Crippen LogP contribution in [0.5, 0.6) is 0 Å². The van der Waals surface area contributed by atoms with Crippen molar-refractivity contribution < 1.29 is 14.6 Å². The number of carboxylic acid groups (broad SMARTS) is 1. The van der Waals surface area contributed by atoms with E-state index < -0.39 is 12.0 Å². The van der Waals surface area contributed by atoms with Gasteiger partial charge in [0.15, 0.2) is 0 Å². The topological polar surface area (TPSA) is 57.9 Å². The summed E-state index contributed by atoms with van der Waals surface area (Å²) in [4.78, 5) is 16.3. The molecule has 2 aliphatic heterocycles. The molecule has 23 heavy (non-hydrogen) atoms. The van der Waals surface area contributed by atoms with E-state index in [2.05, 4.69) is 20.4 Å². The predicted octanol–water partition coefficient (Wildman–Crippen LogP) is 1.47. The van der Waals surface area contributed by atoms with Gasteiger partial charge in [0.05, 0.1) is 13.2 Å². The molecule has 0 bridgehead atoms.